The van der Waals surface area contributed by atoms with Crippen molar-refractivity contribution in [3.8, 4) is 5.82 Å². The fourth-order valence-electron chi connectivity index (χ4n) is 3.29. The first-order chi connectivity index (χ1) is 11.0. The molecule has 132 valence electrons. The van der Waals surface area contributed by atoms with E-state index >= 15 is 0 Å². The van der Waals surface area contributed by atoms with Gasteiger partial charge in [-0.1, -0.05) is 5.16 Å². The molecule has 0 aromatic carbocycles. The van der Waals surface area contributed by atoms with Gasteiger partial charge in [-0.3, -0.25) is 9.36 Å². The largest absolute Gasteiger partial charge is 0.360 e. The number of piperidine rings is 1. The summed E-state index contributed by atoms with van der Waals surface area (Å²) in [6.45, 7) is 8.90. The number of nitrogens with one attached hydrogen (secondary N) is 2. The minimum Gasteiger partial charge on any atom is -0.360 e. The minimum atomic E-state index is -0.0230. The van der Waals surface area contributed by atoms with Crippen molar-refractivity contribution in [2.45, 2.75) is 52.6 Å². The molecule has 1 aliphatic heterocycles. The Morgan fingerprint density at radius 3 is 2.75 bits per heavy atom. The van der Waals surface area contributed by atoms with E-state index in [0.29, 0.717) is 17.4 Å². The van der Waals surface area contributed by atoms with Crippen molar-refractivity contribution < 1.29 is 9.32 Å². The Labute approximate surface area is 148 Å². The predicted octanol–water partition coefficient (Wildman–Crippen LogP) is 2.68. The third-order valence-corrected chi connectivity index (χ3v) is 4.60. The molecule has 2 aromatic rings. The Morgan fingerprint density at radius 1 is 1.38 bits per heavy atom. The quantitative estimate of drug-likeness (QED) is 0.890. The molecule has 0 spiro atoms. The lowest BCUT2D eigenvalue weighted by Crippen LogP contribution is -2.51. The number of nitrogens with zero attached hydrogens (tertiary/aromatic N) is 2. The Balaban J connectivity index is 0.00000208. The van der Waals surface area contributed by atoms with E-state index in [1.54, 1.807) is 0 Å². The van der Waals surface area contributed by atoms with E-state index in [2.05, 4.69) is 22.7 Å². The van der Waals surface area contributed by atoms with Crippen LogP contribution in [0.5, 0.6) is 0 Å². The maximum absolute atomic E-state index is 12.7. The standard InChI is InChI=1S/C17H24N4O2.ClH/c1-10-8-14(13(4)21(10)16-9-11(2)23-20-16)17(22)19-15-6-5-7-18-12(15)3;/h8-9,12,15,18H,5-7H2,1-4H3,(H,19,22);1H. The first-order valence-electron chi connectivity index (χ1n) is 8.14. The van der Waals surface area contributed by atoms with Crippen molar-refractivity contribution >= 4 is 18.3 Å². The monoisotopic (exact) mass is 352 g/mol. The van der Waals surface area contributed by atoms with Gasteiger partial charge in [0.25, 0.3) is 5.91 Å². The summed E-state index contributed by atoms with van der Waals surface area (Å²) < 4.78 is 7.11. The van der Waals surface area contributed by atoms with Crippen LogP contribution in [0.3, 0.4) is 0 Å². The summed E-state index contributed by atoms with van der Waals surface area (Å²) in [7, 11) is 0. The average Bonchev–Trinajstić information content (AvgIpc) is 3.05. The molecule has 0 bridgehead atoms. The Bertz CT molecular complexity index is 722. The van der Waals surface area contributed by atoms with E-state index in [4.69, 9.17) is 4.52 Å². The van der Waals surface area contributed by atoms with E-state index in [9.17, 15) is 4.79 Å². The van der Waals surface area contributed by atoms with Crippen molar-refractivity contribution in [2.24, 2.45) is 0 Å². The van der Waals surface area contributed by atoms with E-state index in [0.717, 1.165) is 36.5 Å². The molecule has 1 fully saturated rings. The van der Waals surface area contributed by atoms with Crippen LogP contribution in [0.2, 0.25) is 0 Å². The molecule has 3 rings (SSSR count). The van der Waals surface area contributed by atoms with Crippen LogP contribution in [0.4, 0.5) is 0 Å². The number of carbonyl (C=O) groups is 1. The Morgan fingerprint density at radius 2 is 2.12 bits per heavy atom. The highest BCUT2D eigenvalue weighted by Crippen LogP contribution is 2.21. The summed E-state index contributed by atoms with van der Waals surface area (Å²) in [5.41, 5.74) is 2.54. The molecule has 2 atom stereocenters. The van der Waals surface area contributed by atoms with Crippen LogP contribution in [0.1, 0.15) is 47.3 Å². The van der Waals surface area contributed by atoms with Crippen LogP contribution in [-0.4, -0.2) is 34.3 Å². The first kappa shape index (κ1) is 18.5. The number of hydrogen-bond acceptors (Lipinski definition) is 4. The second-order valence-corrected chi connectivity index (χ2v) is 6.38. The summed E-state index contributed by atoms with van der Waals surface area (Å²) in [4.78, 5) is 12.7. The Kier molecular flexibility index (Phi) is 5.72. The highest BCUT2D eigenvalue weighted by molar-refractivity contribution is 5.96. The van der Waals surface area contributed by atoms with Crippen LogP contribution < -0.4 is 10.6 Å². The van der Waals surface area contributed by atoms with Gasteiger partial charge in [0, 0.05) is 29.5 Å². The van der Waals surface area contributed by atoms with Gasteiger partial charge in [0.1, 0.15) is 5.76 Å². The van der Waals surface area contributed by atoms with E-state index < -0.39 is 0 Å². The molecule has 1 amide bonds. The SMILES string of the molecule is Cc1cc(-n2c(C)cc(C(=O)NC3CCCNC3C)c2C)no1.Cl. The zero-order valence-electron chi connectivity index (χ0n) is 14.5. The zero-order valence-corrected chi connectivity index (χ0v) is 15.4. The van der Waals surface area contributed by atoms with Crippen LogP contribution in [0, 0.1) is 20.8 Å². The lowest BCUT2D eigenvalue weighted by atomic mass is 9.99. The third kappa shape index (κ3) is 3.49. The molecular formula is C17H25ClN4O2. The second-order valence-electron chi connectivity index (χ2n) is 6.38. The van der Waals surface area contributed by atoms with Gasteiger partial charge >= 0.3 is 0 Å². The smallest absolute Gasteiger partial charge is 0.253 e. The number of halogens is 1. The number of rotatable bonds is 3. The van der Waals surface area contributed by atoms with Crippen LogP contribution >= 0.6 is 12.4 Å². The van der Waals surface area contributed by atoms with E-state index in [1.165, 1.54) is 0 Å². The number of carbonyl (C=O) groups excluding carboxylic acids is 1. The lowest BCUT2D eigenvalue weighted by Gasteiger charge is -2.30. The minimum absolute atomic E-state index is 0. The molecule has 2 unspecified atom stereocenters. The molecular weight excluding hydrogens is 328 g/mol. The van der Waals surface area contributed by atoms with Crippen molar-refractivity contribution in [1.82, 2.24) is 20.4 Å². The van der Waals surface area contributed by atoms with E-state index in [-0.39, 0.29) is 24.4 Å². The Hall–Kier alpha value is -1.79. The number of amides is 1. The molecule has 1 aliphatic rings. The summed E-state index contributed by atoms with van der Waals surface area (Å²) in [5.74, 6) is 1.44. The number of aryl methyl sites for hydroxylation is 2. The van der Waals surface area contributed by atoms with Crippen LogP contribution in [-0.2, 0) is 0 Å². The molecule has 2 aromatic heterocycles. The molecule has 0 radical (unpaired) electrons. The normalized spacial score (nSPS) is 20.5. The summed E-state index contributed by atoms with van der Waals surface area (Å²) in [6.07, 6.45) is 2.10. The lowest BCUT2D eigenvalue weighted by molar-refractivity contribution is 0.0919. The first-order valence-corrected chi connectivity index (χ1v) is 8.14. The van der Waals surface area contributed by atoms with Gasteiger partial charge in [0.05, 0.1) is 5.56 Å². The molecule has 7 heteroatoms. The van der Waals surface area contributed by atoms with Crippen molar-refractivity contribution in [1.29, 1.82) is 0 Å². The highest BCUT2D eigenvalue weighted by atomic mass is 35.5. The van der Waals surface area contributed by atoms with Gasteiger partial charge in [-0.25, -0.2) is 0 Å². The molecule has 6 nitrogen and oxygen atoms in total. The second kappa shape index (κ2) is 7.40. The van der Waals surface area contributed by atoms with Gasteiger partial charge in [-0.15, -0.1) is 12.4 Å². The van der Waals surface area contributed by atoms with Gasteiger partial charge in [0.2, 0.25) is 0 Å². The van der Waals surface area contributed by atoms with Gasteiger partial charge in [-0.05, 0) is 53.1 Å². The van der Waals surface area contributed by atoms with Crippen LogP contribution in [0.15, 0.2) is 16.7 Å². The van der Waals surface area contributed by atoms with E-state index in [1.807, 2.05) is 37.5 Å². The fourth-order valence-corrected chi connectivity index (χ4v) is 3.29. The topological polar surface area (TPSA) is 72.1 Å². The van der Waals surface area contributed by atoms with Crippen LogP contribution in [0.25, 0.3) is 5.82 Å². The average molecular weight is 353 g/mol. The predicted molar refractivity (Wildman–Crippen MR) is 95.2 cm³/mol. The zero-order chi connectivity index (χ0) is 16.6. The molecule has 2 N–H and O–H groups in total. The highest BCUT2D eigenvalue weighted by Gasteiger charge is 2.25. The molecule has 24 heavy (non-hydrogen) atoms. The van der Waals surface area contributed by atoms with Gasteiger partial charge in [0.15, 0.2) is 5.82 Å². The number of aromatic nitrogens is 2. The van der Waals surface area contributed by atoms with Gasteiger partial charge in [-0.2, -0.15) is 0 Å². The number of hydrogen-bond donors (Lipinski definition) is 2. The molecule has 0 aliphatic carbocycles. The summed E-state index contributed by atoms with van der Waals surface area (Å²) in [5, 5.41) is 10.6. The van der Waals surface area contributed by atoms with Crippen molar-refractivity contribution in [2.75, 3.05) is 6.54 Å². The molecule has 3 heterocycles. The van der Waals surface area contributed by atoms with Gasteiger partial charge < -0.3 is 15.2 Å². The maximum Gasteiger partial charge on any atom is 0.253 e. The summed E-state index contributed by atoms with van der Waals surface area (Å²) in [6, 6.07) is 4.26. The van der Waals surface area contributed by atoms with Crippen molar-refractivity contribution in [3.63, 3.8) is 0 Å². The fraction of sp³-hybridized carbons (Fsp3) is 0.529. The summed E-state index contributed by atoms with van der Waals surface area (Å²) >= 11 is 0. The molecule has 0 saturated carbocycles. The maximum atomic E-state index is 12.7. The van der Waals surface area contributed by atoms with Crippen molar-refractivity contribution in [3.05, 3.63) is 34.8 Å². The molecule has 1 saturated heterocycles. The third-order valence-electron chi connectivity index (χ3n) is 4.60.